The van der Waals surface area contributed by atoms with Gasteiger partial charge in [0, 0.05) is 27.1 Å². The molecule has 1 saturated heterocycles. The molecule has 3 rings (SSSR count). The van der Waals surface area contributed by atoms with E-state index in [1.165, 1.54) is 16.3 Å². The Hall–Kier alpha value is -2.71. The van der Waals surface area contributed by atoms with E-state index in [0.717, 1.165) is 24.7 Å². The van der Waals surface area contributed by atoms with Crippen molar-refractivity contribution in [1.29, 1.82) is 0 Å². The first-order valence-corrected chi connectivity index (χ1v) is 12.6. The number of hydrogen-bond donors (Lipinski definition) is 1. The number of carbonyl (C=O) groups excluding carboxylic acids is 2. The van der Waals surface area contributed by atoms with E-state index >= 15 is 0 Å². The second kappa shape index (κ2) is 12.4. The van der Waals surface area contributed by atoms with Crippen molar-refractivity contribution >= 4 is 21.8 Å². The van der Waals surface area contributed by atoms with Gasteiger partial charge >= 0.3 is 0 Å². The van der Waals surface area contributed by atoms with E-state index < -0.39 is 22.1 Å². The Labute approximate surface area is 191 Å². The molecular formula is C24H33N3O4S. The fourth-order valence-electron chi connectivity index (χ4n) is 3.73. The molecule has 2 atom stereocenters. The van der Waals surface area contributed by atoms with Gasteiger partial charge in [0.1, 0.15) is 12.1 Å². The molecule has 8 heteroatoms. The molecule has 1 N–H and O–H groups in total. The van der Waals surface area contributed by atoms with Crippen molar-refractivity contribution in [3.63, 3.8) is 0 Å². The Morgan fingerprint density at radius 3 is 2.06 bits per heavy atom. The average Bonchev–Trinajstić information content (AvgIpc) is 2.82. The number of nitrogens with one attached hydrogen (secondary N) is 1. The number of benzene rings is 2. The largest absolute Gasteiger partial charge is 0.357 e. The standard InChI is InChI=1S/C18H27N3O4S.C6H6/c1-19-17(22)16(13-14-9-5-4-6-10-14)20(2)18(23)15-11-7-8-12-21(15)26(3,24)25;1-2-4-6-5-3-1/h4-6,9-10,15-16H,7-8,11-13H2,1-3H3,(H,19,22);1-6H/t15-,16-;/m0./s1. The highest BCUT2D eigenvalue weighted by Gasteiger charge is 2.38. The molecule has 2 aromatic carbocycles. The number of piperidine rings is 1. The first-order valence-electron chi connectivity index (χ1n) is 10.7. The highest BCUT2D eigenvalue weighted by molar-refractivity contribution is 7.88. The normalized spacial score (nSPS) is 17.4. The Kier molecular flexibility index (Phi) is 9.87. The first-order chi connectivity index (χ1) is 15.3. The van der Waals surface area contributed by atoms with Gasteiger partial charge in [-0.2, -0.15) is 4.31 Å². The monoisotopic (exact) mass is 459 g/mol. The summed E-state index contributed by atoms with van der Waals surface area (Å²) in [4.78, 5) is 26.8. The molecule has 0 bridgehead atoms. The maximum atomic E-state index is 13.0. The van der Waals surface area contributed by atoms with E-state index in [1.807, 2.05) is 66.7 Å². The summed E-state index contributed by atoms with van der Waals surface area (Å²) in [6.45, 7) is 0.340. The first kappa shape index (κ1) is 25.5. The van der Waals surface area contributed by atoms with Crippen molar-refractivity contribution in [2.75, 3.05) is 26.9 Å². The molecule has 1 aliphatic rings. The van der Waals surface area contributed by atoms with Crippen LogP contribution in [-0.2, 0) is 26.0 Å². The molecule has 1 aliphatic heterocycles. The summed E-state index contributed by atoms with van der Waals surface area (Å²) in [6.07, 6.45) is 3.50. The highest BCUT2D eigenvalue weighted by atomic mass is 32.2. The number of rotatable bonds is 6. The van der Waals surface area contributed by atoms with Gasteiger partial charge in [0.2, 0.25) is 21.8 Å². The Bertz CT molecular complexity index is 925. The SMILES string of the molecule is CNC(=O)[C@H](Cc1ccccc1)N(C)C(=O)[C@@H]1CCCCN1S(C)(=O)=O.c1ccccc1. The molecule has 1 heterocycles. The van der Waals surface area contributed by atoms with Gasteiger partial charge in [-0.25, -0.2) is 8.42 Å². The van der Waals surface area contributed by atoms with Gasteiger partial charge in [0.05, 0.1) is 6.26 Å². The third-order valence-corrected chi connectivity index (χ3v) is 6.76. The van der Waals surface area contributed by atoms with Crippen LogP contribution < -0.4 is 5.32 Å². The van der Waals surface area contributed by atoms with Gasteiger partial charge < -0.3 is 10.2 Å². The number of amides is 2. The average molecular weight is 460 g/mol. The predicted molar refractivity (Wildman–Crippen MR) is 126 cm³/mol. The molecular weight excluding hydrogens is 426 g/mol. The summed E-state index contributed by atoms with van der Waals surface area (Å²) in [5, 5.41) is 2.60. The minimum Gasteiger partial charge on any atom is -0.357 e. The lowest BCUT2D eigenvalue weighted by molar-refractivity contribution is -0.142. The quantitative estimate of drug-likeness (QED) is 0.718. The smallest absolute Gasteiger partial charge is 0.242 e. The van der Waals surface area contributed by atoms with Gasteiger partial charge in [-0.1, -0.05) is 73.2 Å². The summed E-state index contributed by atoms with van der Waals surface area (Å²) in [6, 6.07) is 20.0. The summed E-state index contributed by atoms with van der Waals surface area (Å²) >= 11 is 0. The van der Waals surface area contributed by atoms with Crippen LogP contribution in [0.25, 0.3) is 0 Å². The molecule has 0 aliphatic carbocycles. The molecule has 0 spiro atoms. The van der Waals surface area contributed by atoms with Gasteiger partial charge in [0.15, 0.2) is 0 Å². The minimum absolute atomic E-state index is 0.272. The lowest BCUT2D eigenvalue weighted by atomic mass is 10.0. The van der Waals surface area contributed by atoms with Crippen molar-refractivity contribution in [3.8, 4) is 0 Å². The van der Waals surface area contributed by atoms with Crippen LogP contribution in [-0.4, -0.2) is 68.4 Å². The molecule has 0 aromatic heterocycles. The van der Waals surface area contributed by atoms with Crippen molar-refractivity contribution < 1.29 is 18.0 Å². The van der Waals surface area contributed by atoms with Crippen LogP contribution >= 0.6 is 0 Å². The molecule has 1 fully saturated rings. The maximum Gasteiger partial charge on any atom is 0.242 e. The molecule has 0 saturated carbocycles. The lowest BCUT2D eigenvalue weighted by Crippen LogP contribution is -2.56. The fraction of sp³-hybridized carbons (Fsp3) is 0.417. The minimum atomic E-state index is -3.48. The van der Waals surface area contributed by atoms with Crippen LogP contribution in [0.1, 0.15) is 24.8 Å². The number of carbonyl (C=O) groups is 2. The fourth-order valence-corrected chi connectivity index (χ4v) is 4.85. The van der Waals surface area contributed by atoms with Gasteiger partial charge in [0.25, 0.3) is 0 Å². The van der Waals surface area contributed by atoms with Gasteiger partial charge in [-0.3, -0.25) is 9.59 Å². The van der Waals surface area contributed by atoms with Crippen LogP contribution in [0.15, 0.2) is 66.7 Å². The zero-order valence-electron chi connectivity index (χ0n) is 19.0. The van der Waals surface area contributed by atoms with Crippen molar-refractivity contribution in [2.24, 2.45) is 0 Å². The van der Waals surface area contributed by atoms with Crippen LogP contribution in [0.4, 0.5) is 0 Å². The van der Waals surface area contributed by atoms with Crippen LogP contribution in [0.5, 0.6) is 0 Å². The van der Waals surface area contributed by atoms with E-state index in [9.17, 15) is 18.0 Å². The summed E-state index contributed by atoms with van der Waals surface area (Å²) in [5.74, 6) is -0.605. The second-order valence-corrected chi connectivity index (χ2v) is 9.74. The number of likely N-dealkylation sites (N-methyl/N-ethyl adjacent to an activating group) is 2. The van der Waals surface area contributed by atoms with Crippen LogP contribution in [0.2, 0.25) is 0 Å². The molecule has 0 radical (unpaired) electrons. The lowest BCUT2D eigenvalue weighted by Gasteiger charge is -2.37. The third kappa shape index (κ3) is 7.46. The number of sulfonamides is 1. The Morgan fingerprint density at radius 1 is 1.03 bits per heavy atom. The molecule has 0 unspecified atom stereocenters. The summed E-state index contributed by atoms with van der Waals surface area (Å²) in [7, 11) is -0.379. The zero-order valence-corrected chi connectivity index (χ0v) is 19.8. The maximum absolute atomic E-state index is 13.0. The molecule has 174 valence electrons. The Balaban J connectivity index is 0.000000520. The van der Waals surface area contributed by atoms with E-state index in [-0.39, 0.29) is 11.8 Å². The molecule has 7 nitrogen and oxygen atoms in total. The molecule has 32 heavy (non-hydrogen) atoms. The molecule has 2 aromatic rings. The van der Waals surface area contributed by atoms with E-state index in [4.69, 9.17) is 0 Å². The van der Waals surface area contributed by atoms with E-state index in [1.54, 1.807) is 7.05 Å². The van der Waals surface area contributed by atoms with Crippen molar-refractivity contribution in [2.45, 2.75) is 37.8 Å². The van der Waals surface area contributed by atoms with E-state index in [0.29, 0.717) is 19.4 Å². The summed E-state index contributed by atoms with van der Waals surface area (Å²) in [5.41, 5.74) is 0.935. The van der Waals surface area contributed by atoms with Crippen molar-refractivity contribution in [3.05, 3.63) is 72.3 Å². The van der Waals surface area contributed by atoms with Gasteiger partial charge in [-0.15, -0.1) is 0 Å². The number of nitrogens with zero attached hydrogens (tertiary/aromatic N) is 2. The second-order valence-electron chi connectivity index (χ2n) is 7.81. The number of hydrogen-bond acceptors (Lipinski definition) is 4. The third-order valence-electron chi connectivity index (χ3n) is 5.47. The predicted octanol–water partition coefficient (Wildman–Crippen LogP) is 2.30. The van der Waals surface area contributed by atoms with Gasteiger partial charge in [-0.05, 0) is 18.4 Å². The topological polar surface area (TPSA) is 86.8 Å². The Morgan fingerprint density at radius 2 is 1.56 bits per heavy atom. The highest BCUT2D eigenvalue weighted by Crippen LogP contribution is 2.22. The molecule has 2 amide bonds. The van der Waals surface area contributed by atoms with Crippen LogP contribution in [0, 0.1) is 0 Å². The summed E-state index contributed by atoms with van der Waals surface area (Å²) < 4.78 is 25.4. The van der Waals surface area contributed by atoms with E-state index in [2.05, 4.69) is 5.32 Å². The zero-order chi connectivity index (χ0) is 23.6. The van der Waals surface area contributed by atoms with Crippen LogP contribution in [0.3, 0.4) is 0 Å². The van der Waals surface area contributed by atoms with Crippen molar-refractivity contribution in [1.82, 2.24) is 14.5 Å².